The predicted molar refractivity (Wildman–Crippen MR) is 134 cm³/mol. The Morgan fingerprint density at radius 3 is 2.62 bits per heavy atom. The van der Waals surface area contributed by atoms with Crippen LogP contribution in [0.5, 0.6) is 5.75 Å². The van der Waals surface area contributed by atoms with Crippen LogP contribution in [0.25, 0.3) is 0 Å². The van der Waals surface area contributed by atoms with Gasteiger partial charge in [0.1, 0.15) is 17.0 Å². The molecule has 2 heterocycles. The van der Waals surface area contributed by atoms with E-state index >= 15 is 0 Å². The number of hydrogen-bond acceptors (Lipinski definition) is 5. The van der Waals surface area contributed by atoms with Gasteiger partial charge in [-0.1, -0.05) is 31.2 Å². The standard InChI is InChI=1S/C27H33N3O3S/c1-4-27(12-6-5-7-13-27)29-25(32)23-18-34-26(28-23)21-10-14-30(15-11-21)24(31)17-33-22-9-8-19(2)20(3)16-22/h1,8-9,16,18,21H,5-7,10-15,17H2,2-3H3,(H,29,32). The van der Waals surface area contributed by atoms with E-state index in [0.29, 0.717) is 18.8 Å². The summed E-state index contributed by atoms with van der Waals surface area (Å²) in [4.78, 5) is 31.9. The van der Waals surface area contributed by atoms with Gasteiger partial charge in [0.15, 0.2) is 6.61 Å². The van der Waals surface area contributed by atoms with Gasteiger partial charge in [-0.25, -0.2) is 4.98 Å². The largest absolute Gasteiger partial charge is 0.484 e. The zero-order valence-electron chi connectivity index (χ0n) is 20.1. The second-order valence-corrected chi connectivity index (χ2v) is 10.4. The molecule has 0 unspecified atom stereocenters. The smallest absolute Gasteiger partial charge is 0.271 e. The number of ether oxygens (including phenoxy) is 1. The number of benzene rings is 1. The Labute approximate surface area is 206 Å². The molecule has 1 saturated carbocycles. The van der Waals surface area contributed by atoms with Gasteiger partial charge in [-0.15, -0.1) is 17.8 Å². The van der Waals surface area contributed by atoms with E-state index in [1.165, 1.54) is 23.3 Å². The van der Waals surface area contributed by atoms with Gasteiger partial charge in [-0.05, 0) is 62.8 Å². The lowest BCUT2D eigenvalue weighted by Crippen LogP contribution is -2.48. The molecule has 180 valence electrons. The van der Waals surface area contributed by atoms with E-state index < -0.39 is 5.54 Å². The second-order valence-electron chi connectivity index (χ2n) is 9.50. The summed E-state index contributed by atoms with van der Waals surface area (Å²) in [6.07, 6.45) is 12.3. The van der Waals surface area contributed by atoms with Crippen molar-refractivity contribution >= 4 is 23.2 Å². The van der Waals surface area contributed by atoms with Crippen LogP contribution < -0.4 is 10.1 Å². The monoisotopic (exact) mass is 479 g/mol. The fourth-order valence-electron chi connectivity index (χ4n) is 4.74. The number of amides is 2. The van der Waals surface area contributed by atoms with E-state index in [0.717, 1.165) is 54.8 Å². The first kappa shape index (κ1) is 24.3. The number of likely N-dealkylation sites (tertiary alicyclic amines) is 1. The Morgan fingerprint density at radius 1 is 1.21 bits per heavy atom. The Hall–Kier alpha value is -2.85. The molecule has 2 amide bonds. The zero-order chi connectivity index (χ0) is 24.1. The molecule has 6 nitrogen and oxygen atoms in total. The molecule has 1 saturated heterocycles. The maximum Gasteiger partial charge on any atom is 0.271 e. The summed E-state index contributed by atoms with van der Waals surface area (Å²) in [6, 6.07) is 5.87. The number of piperidine rings is 1. The Morgan fingerprint density at radius 2 is 1.94 bits per heavy atom. The van der Waals surface area contributed by atoms with Crippen molar-refractivity contribution in [1.82, 2.24) is 15.2 Å². The molecule has 2 fully saturated rings. The topological polar surface area (TPSA) is 71.5 Å². The van der Waals surface area contributed by atoms with Gasteiger partial charge in [0.2, 0.25) is 0 Å². The molecule has 0 radical (unpaired) electrons. The van der Waals surface area contributed by atoms with Crippen LogP contribution in [0.3, 0.4) is 0 Å². The minimum Gasteiger partial charge on any atom is -0.484 e. The molecular formula is C27H33N3O3S. The van der Waals surface area contributed by atoms with Crippen molar-refractivity contribution in [3.8, 4) is 18.1 Å². The molecule has 2 aromatic rings. The molecule has 0 spiro atoms. The average molecular weight is 480 g/mol. The number of carbonyl (C=O) groups excluding carboxylic acids is 2. The number of aryl methyl sites for hydroxylation is 2. The fourth-order valence-corrected chi connectivity index (χ4v) is 5.71. The molecule has 34 heavy (non-hydrogen) atoms. The molecule has 1 N–H and O–H groups in total. The van der Waals surface area contributed by atoms with Gasteiger partial charge in [0.05, 0.1) is 5.01 Å². The van der Waals surface area contributed by atoms with Crippen molar-refractivity contribution in [1.29, 1.82) is 0 Å². The van der Waals surface area contributed by atoms with Crippen LogP contribution in [0.4, 0.5) is 0 Å². The summed E-state index contributed by atoms with van der Waals surface area (Å²) in [5.41, 5.74) is 2.26. The first-order valence-electron chi connectivity index (χ1n) is 12.1. The van der Waals surface area contributed by atoms with Crippen LogP contribution in [0.1, 0.15) is 77.5 Å². The van der Waals surface area contributed by atoms with Crippen LogP contribution >= 0.6 is 11.3 Å². The number of aromatic nitrogens is 1. The summed E-state index contributed by atoms with van der Waals surface area (Å²) < 4.78 is 5.72. The van der Waals surface area contributed by atoms with Crippen LogP contribution in [0.15, 0.2) is 23.6 Å². The number of rotatable bonds is 6. The minimum atomic E-state index is -0.538. The second kappa shape index (κ2) is 10.6. The lowest BCUT2D eigenvalue weighted by Gasteiger charge is -2.33. The molecule has 1 aromatic heterocycles. The van der Waals surface area contributed by atoms with Crippen LogP contribution in [0.2, 0.25) is 0 Å². The van der Waals surface area contributed by atoms with Gasteiger partial charge >= 0.3 is 0 Å². The normalized spacial score (nSPS) is 18.2. The third-order valence-corrected chi connectivity index (χ3v) is 8.14. The number of carbonyl (C=O) groups is 2. The average Bonchev–Trinajstić information content (AvgIpc) is 3.36. The van der Waals surface area contributed by atoms with E-state index in [4.69, 9.17) is 11.2 Å². The molecule has 7 heteroatoms. The van der Waals surface area contributed by atoms with E-state index in [2.05, 4.69) is 23.1 Å². The van der Waals surface area contributed by atoms with Crippen LogP contribution in [0, 0.1) is 26.2 Å². The fraction of sp³-hybridized carbons (Fsp3) is 0.519. The van der Waals surface area contributed by atoms with Crippen molar-refractivity contribution in [2.24, 2.45) is 0 Å². The van der Waals surface area contributed by atoms with Crippen molar-refractivity contribution in [2.45, 2.75) is 70.3 Å². The predicted octanol–water partition coefficient (Wildman–Crippen LogP) is 4.61. The third kappa shape index (κ3) is 5.61. The van der Waals surface area contributed by atoms with Gasteiger partial charge in [0.25, 0.3) is 11.8 Å². The Bertz CT molecular complexity index is 1070. The Balaban J connectivity index is 1.27. The quantitative estimate of drug-likeness (QED) is 0.614. The van der Waals surface area contributed by atoms with E-state index in [9.17, 15) is 9.59 Å². The lowest BCUT2D eigenvalue weighted by atomic mass is 9.82. The van der Waals surface area contributed by atoms with Crippen molar-refractivity contribution in [2.75, 3.05) is 19.7 Å². The molecule has 2 aliphatic rings. The molecular weight excluding hydrogens is 446 g/mol. The lowest BCUT2D eigenvalue weighted by molar-refractivity contribution is -0.134. The number of hydrogen-bond donors (Lipinski definition) is 1. The van der Waals surface area contributed by atoms with E-state index in [1.807, 2.05) is 35.4 Å². The number of nitrogens with zero attached hydrogens (tertiary/aromatic N) is 2. The molecule has 0 atom stereocenters. The maximum absolute atomic E-state index is 12.8. The first-order valence-corrected chi connectivity index (χ1v) is 13.0. The SMILES string of the molecule is C#CC1(NC(=O)c2csc(C3CCN(C(=O)COc4ccc(C)c(C)c4)CC3)n2)CCCCC1. The highest BCUT2D eigenvalue weighted by Crippen LogP contribution is 2.31. The van der Waals surface area contributed by atoms with Crippen LogP contribution in [-0.4, -0.2) is 46.9 Å². The number of nitrogens with one attached hydrogen (secondary N) is 1. The van der Waals surface area contributed by atoms with Crippen LogP contribution in [-0.2, 0) is 4.79 Å². The molecule has 1 aliphatic heterocycles. The van der Waals surface area contributed by atoms with Crippen molar-refractivity contribution in [3.63, 3.8) is 0 Å². The Kier molecular flexibility index (Phi) is 7.57. The van der Waals surface area contributed by atoms with Gasteiger partial charge < -0.3 is 15.0 Å². The maximum atomic E-state index is 12.8. The van der Waals surface area contributed by atoms with Gasteiger partial charge in [-0.2, -0.15) is 0 Å². The highest BCUT2D eigenvalue weighted by atomic mass is 32.1. The highest BCUT2D eigenvalue weighted by molar-refractivity contribution is 7.09. The van der Waals surface area contributed by atoms with E-state index in [-0.39, 0.29) is 24.3 Å². The molecule has 0 bridgehead atoms. The summed E-state index contributed by atoms with van der Waals surface area (Å²) in [6.45, 7) is 5.47. The third-order valence-electron chi connectivity index (χ3n) is 7.13. The van der Waals surface area contributed by atoms with E-state index in [1.54, 1.807) is 0 Å². The summed E-state index contributed by atoms with van der Waals surface area (Å²) in [7, 11) is 0. The van der Waals surface area contributed by atoms with Gasteiger partial charge in [0, 0.05) is 24.4 Å². The van der Waals surface area contributed by atoms with Gasteiger partial charge in [-0.3, -0.25) is 9.59 Å². The summed E-state index contributed by atoms with van der Waals surface area (Å²) >= 11 is 1.52. The minimum absolute atomic E-state index is 0.00273. The summed E-state index contributed by atoms with van der Waals surface area (Å²) in [5.74, 6) is 3.63. The summed E-state index contributed by atoms with van der Waals surface area (Å²) in [5, 5.41) is 5.86. The number of thiazole rings is 1. The molecule has 4 rings (SSSR count). The van der Waals surface area contributed by atoms with Crippen molar-refractivity contribution < 1.29 is 14.3 Å². The number of terminal acetylenes is 1. The van der Waals surface area contributed by atoms with Crippen molar-refractivity contribution in [3.05, 3.63) is 45.4 Å². The first-order chi connectivity index (χ1) is 16.4. The molecule has 1 aliphatic carbocycles. The zero-order valence-corrected chi connectivity index (χ0v) is 20.9. The molecule has 1 aromatic carbocycles. The highest BCUT2D eigenvalue weighted by Gasteiger charge is 2.33.